The van der Waals surface area contributed by atoms with Gasteiger partial charge in [0, 0.05) is 23.6 Å². The Morgan fingerprint density at radius 3 is 2.52 bits per heavy atom. The van der Waals surface area contributed by atoms with E-state index in [1.807, 2.05) is 0 Å². The molecule has 168 valence electrons. The molecule has 2 aliphatic carbocycles. The second kappa shape index (κ2) is 9.19. The summed E-state index contributed by atoms with van der Waals surface area (Å²) >= 11 is 10.2. The minimum absolute atomic E-state index is 0.119. The summed E-state index contributed by atoms with van der Waals surface area (Å²) in [6.07, 6.45) is 4.15. The van der Waals surface area contributed by atoms with Crippen LogP contribution in [0.3, 0.4) is 0 Å². The number of nitro groups is 1. The van der Waals surface area contributed by atoms with Crippen molar-refractivity contribution in [1.29, 1.82) is 0 Å². The highest BCUT2D eigenvalue weighted by atomic mass is 35.5. The third-order valence-corrected chi connectivity index (χ3v) is 10.9. The maximum absolute atomic E-state index is 12.9. The van der Waals surface area contributed by atoms with Crippen LogP contribution in [0.4, 0.5) is 11.4 Å². The monoisotopic (exact) mass is 484 g/mol. The molecule has 31 heavy (non-hydrogen) atoms. The highest BCUT2D eigenvalue weighted by Crippen LogP contribution is 2.64. The average Bonchev–Trinajstić information content (AvgIpc) is 3.18. The van der Waals surface area contributed by atoms with Crippen molar-refractivity contribution in [2.75, 3.05) is 16.8 Å². The molecule has 3 fully saturated rings. The zero-order valence-electron chi connectivity index (χ0n) is 17.2. The maximum Gasteiger partial charge on any atom is 0.309 e. The van der Waals surface area contributed by atoms with E-state index in [1.54, 1.807) is 0 Å². The number of benzene rings is 1. The molecule has 1 N–H and O–H groups in total. The molecule has 1 saturated heterocycles. The third-order valence-electron chi connectivity index (χ3n) is 6.53. The van der Waals surface area contributed by atoms with Crippen LogP contribution < -0.4 is 5.32 Å². The molecule has 4 atom stereocenters. The highest BCUT2D eigenvalue weighted by Gasteiger charge is 2.55. The molecule has 0 radical (unpaired) electrons. The van der Waals surface area contributed by atoms with Crippen molar-refractivity contribution in [2.45, 2.75) is 49.2 Å². The Morgan fingerprint density at radius 1 is 1.26 bits per heavy atom. The number of amides is 1. The van der Waals surface area contributed by atoms with Crippen LogP contribution in [0.1, 0.15) is 39.0 Å². The highest BCUT2D eigenvalue weighted by molar-refractivity contribution is 8.21. The molecule has 7 nitrogen and oxygen atoms in total. The van der Waals surface area contributed by atoms with Gasteiger partial charge in [-0.25, -0.2) is 0 Å². The smallest absolute Gasteiger partial charge is 0.309 e. The molecular weight excluding hydrogens is 460 g/mol. The van der Waals surface area contributed by atoms with Crippen LogP contribution in [-0.4, -0.2) is 38.5 Å². The summed E-state index contributed by atoms with van der Waals surface area (Å²) in [6, 6.07) is 3.80. The minimum Gasteiger partial charge on any atom is -0.452 e. The number of thioether (sulfide) groups is 2. The summed E-state index contributed by atoms with van der Waals surface area (Å²) in [7, 11) is 0. The number of hydrogen-bond donors (Lipinski definition) is 1. The molecule has 3 aliphatic rings. The molecule has 1 unspecified atom stereocenters. The number of nitrogens with zero attached hydrogens (tertiary/aromatic N) is 1. The second-order valence-corrected chi connectivity index (χ2v) is 11.8. The van der Waals surface area contributed by atoms with Crippen molar-refractivity contribution >= 4 is 58.4 Å². The quantitative estimate of drug-likeness (QED) is 0.351. The van der Waals surface area contributed by atoms with Crippen molar-refractivity contribution < 1.29 is 19.2 Å². The Labute approximate surface area is 194 Å². The number of rotatable bonds is 5. The molecule has 2 bridgehead atoms. The van der Waals surface area contributed by atoms with Crippen LogP contribution >= 0.6 is 35.1 Å². The molecule has 10 heteroatoms. The van der Waals surface area contributed by atoms with Crippen LogP contribution in [0.15, 0.2) is 18.2 Å². The number of esters is 1. The molecule has 1 aliphatic heterocycles. The number of nitrogens with one attached hydrogen (secondary N) is 1. The first-order chi connectivity index (χ1) is 14.8. The van der Waals surface area contributed by atoms with E-state index in [0.717, 1.165) is 25.7 Å². The summed E-state index contributed by atoms with van der Waals surface area (Å²) in [5.74, 6) is 2.33. The third kappa shape index (κ3) is 4.54. The Bertz CT molecular complexity index is 877. The van der Waals surface area contributed by atoms with E-state index in [0.29, 0.717) is 11.8 Å². The number of anilines is 1. The molecule has 1 spiro atoms. The summed E-state index contributed by atoms with van der Waals surface area (Å²) in [4.78, 5) is 35.8. The van der Waals surface area contributed by atoms with Crippen LogP contribution in [0.5, 0.6) is 0 Å². The van der Waals surface area contributed by atoms with Crippen molar-refractivity contribution in [2.24, 2.45) is 17.8 Å². The van der Waals surface area contributed by atoms with E-state index in [-0.39, 0.29) is 32.4 Å². The van der Waals surface area contributed by atoms with Gasteiger partial charge in [-0.3, -0.25) is 19.7 Å². The van der Waals surface area contributed by atoms with Gasteiger partial charge in [0.15, 0.2) is 6.10 Å². The van der Waals surface area contributed by atoms with Gasteiger partial charge in [-0.05, 0) is 50.5 Å². The van der Waals surface area contributed by atoms with E-state index >= 15 is 0 Å². The Morgan fingerprint density at radius 2 is 1.90 bits per heavy atom. The predicted octanol–water partition coefficient (Wildman–Crippen LogP) is 5.12. The van der Waals surface area contributed by atoms with Gasteiger partial charge in [0.2, 0.25) is 0 Å². The Kier molecular flexibility index (Phi) is 6.74. The Balaban J connectivity index is 1.37. The van der Waals surface area contributed by atoms with Gasteiger partial charge in [0.1, 0.15) is 0 Å². The molecule has 1 aromatic carbocycles. The lowest BCUT2D eigenvalue weighted by Crippen LogP contribution is -2.48. The van der Waals surface area contributed by atoms with Crippen molar-refractivity contribution in [1.82, 2.24) is 0 Å². The van der Waals surface area contributed by atoms with Gasteiger partial charge >= 0.3 is 5.97 Å². The van der Waals surface area contributed by atoms with E-state index in [9.17, 15) is 19.7 Å². The molecule has 0 aromatic heterocycles. The fraction of sp³-hybridized carbons (Fsp3) is 0.619. The number of hydrogen-bond acceptors (Lipinski definition) is 7. The number of ether oxygens (including phenoxy) is 1. The summed E-state index contributed by atoms with van der Waals surface area (Å²) < 4.78 is 5.79. The van der Waals surface area contributed by atoms with Gasteiger partial charge < -0.3 is 10.1 Å². The first-order valence-electron chi connectivity index (χ1n) is 10.5. The van der Waals surface area contributed by atoms with Gasteiger partial charge in [-0.2, -0.15) is 0 Å². The lowest BCUT2D eigenvalue weighted by atomic mass is 9.67. The minimum atomic E-state index is -1.02. The van der Waals surface area contributed by atoms with Crippen LogP contribution in [0, 0.1) is 27.9 Å². The fourth-order valence-corrected chi connectivity index (χ4v) is 9.18. The molecule has 1 aromatic rings. The van der Waals surface area contributed by atoms with Crippen LogP contribution in [-0.2, 0) is 14.3 Å². The topological polar surface area (TPSA) is 98.5 Å². The van der Waals surface area contributed by atoms with Crippen molar-refractivity contribution in [3.63, 3.8) is 0 Å². The lowest BCUT2D eigenvalue weighted by Gasteiger charge is -2.51. The maximum atomic E-state index is 12.9. The zero-order valence-corrected chi connectivity index (χ0v) is 19.6. The van der Waals surface area contributed by atoms with Crippen LogP contribution in [0.2, 0.25) is 5.02 Å². The largest absolute Gasteiger partial charge is 0.452 e. The average molecular weight is 485 g/mol. The first-order valence-corrected chi connectivity index (χ1v) is 12.9. The van der Waals surface area contributed by atoms with E-state index in [1.165, 1.54) is 43.0 Å². The molecule has 2 saturated carbocycles. The summed E-state index contributed by atoms with van der Waals surface area (Å²) in [5.41, 5.74) is -0.0668. The number of non-ortho nitro benzene ring substituents is 1. The van der Waals surface area contributed by atoms with Gasteiger partial charge in [-0.1, -0.05) is 18.0 Å². The van der Waals surface area contributed by atoms with Gasteiger partial charge in [0.05, 0.1) is 25.6 Å². The van der Waals surface area contributed by atoms with E-state index < -0.39 is 16.9 Å². The number of carbonyl (C=O) groups is 2. The van der Waals surface area contributed by atoms with Gasteiger partial charge in [0.25, 0.3) is 11.6 Å². The molecule has 1 amide bonds. The molecular formula is C21H25ClN2O5S2. The lowest BCUT2D eigenvalue weighted by molar-refractivity contribution is -0.384. The zero-order chi connectivity index (χ0) is 22.2. The molecule has 1 heterocycles. The summed E-state index contributed by atoms with van der Waals surface area (Å²) in [6.45, 7) is 1.51. The predicted molar refractivity (Wildman–Crippen MR) is 123 cm³/mol. The molecule has 4 rings (SSSR count). The van der Waals surface area contributed by atoms with Crippen LogP contribution in [0.25, 0.3) is 0 Å². The normalized spacial score (nSPS) is 27.5. The summed E-state index contributed by atoms with van der Waals surface area (Å²) in [5, 5.41) is 13.7. The van der Waals surface area contributed by atoms with Gasteiger partial charge in [-0.15, -0.1) is 23.5 Å². The number of carbonyl (C=O) groups excluding carboxylic acids is 2. The van der Waals surface area contributed by atoms with Crippen molar-refractivity contribution in [3.8, 4) is 0 Å². The SMILES string of the molecule is C[C@@H](OC(=O)C1C[C@H]2CCC[C@@H](C1)C21SCCS1)C(=O)Nc1cc([N+](=O)[O-])ccc1Cl. The standard InChI is InChI=1S/C21H25ClN2O5S2/c1-12(19(25)23-18-11-16(24(27)28)5-6-17(18)22)29-20(26)13-9-14-3-2-4-15(10-13)21(14)30-7-8-31-21/h5-6,11-15H,2-4,7-10H2,1H3,(H,23,25)/t12-,13?,14-,15+/m1/s1. The Hall–Kier alpha value is -1.45. The number of nitro benzene ring substituents is 1. The van der Waals surface area contributed by atoms with E-state index in [2.05, 4.69) is 28.8 Å². The second-order valence-electron chi connectivity index (χ2n) is 8.40. The van der Waals surface area contributed by atoms with E-state index in [4.69, 9.17) is 16.3 Å². The van der Waals surface area contributed by atoms with Crippen molar-refractivity contribution in [3.05, 3.63) is 33.3 Å². The first kappa shape index (κ1) is 22.7. The fourth-order valence-electron chi connectivity index (χ4n) is 5.08. The number of halogens is 1.